The molecule has 0 N–H and O–H groups in total. The van der Waals surface area contributed by atoms with Gasteiger partial charge in [-0.25, -0.2) is 0 Å². The Morgan fingerprint density at radius 1 is 0.800 bits per heavy atom. The SMILES string of the molecule is CC1CCC([Si](C)(C)C)([Si](C)(C)C)CC1. The highest BCUT2D eigenvalue weighted by atomic mass is 28.4. The molecule has 0 spiro atoms. The van der Waals surface area contributed by atoms with E-state index in [4.69, 9.17) is 0 Å². The summed E-state index contributed by atoms with van der Waals surface area (Å²) < 4.78 is 0.812. The first kappa shape index (κ1) is 13.5. The lowest BCUT2D eigenvalue weighted by Crippen LogP contribution is -2.55. The van der Waals surface area contributed by atoms with E-state index in [1.165, 1.54) is 12.8 Å². The van der Waals surface area contributed by atoms with Crippen LogP contribution in [0.5, 0.6) is 0 Å². The van der Waals surface area contributed by atoms with Crippen LogP contribution < -0.4 is 0 Å². The van der Waals surface area contributed by atoms with Crippen LogP contribution in [-0.2, 0) is 0 Å². The van der Waals surface area contributed by atoms with E-state index in [1.807, 2.05) is 0 Å². The zero-order valence-corrected chi connectivity index (χ0v) is 13.9. The number of hydrogen-bond donors (Lipinski definition) is 0. The molecule has 1 saturated carbocycles. The quantitative estimate of drug-likeness (QED) is 0.587. The van der Waals surface area contributed by atoms with Crippen molar-refractivity contribution in [1.82, 2.24) is 0 Å². The predicted molar refractivity (Wildman–Crippen MR) is 77.0 cm³/mol. The Labute approximate surface area is 98.9 Å². The van der Waals surface area contributed by atoms with Gasteiger partial charge in [-0.2, -0.15) is 0 Å². The molecule has 0 radical (unpaired) electrons. The summed E-state index contributed by atoms with van der Waals surface area (Å²) in [5, 5.41) is 0. The fourth-order valence-electron chi connectivity index (χ4n) is 3.88. The van der Waals surface area contributed by atoms with Crippen molar-refractivity contribution in [2.45, 2.75) is 76.6 Å². The van der Waals surface area contributed by atoms with Gasteiger partial charge >= 0.3 is 0 Å². The van der Waals surface area contributed by atoms with Crippen molar-refractivity contribution in [3.63, 3.8) is 0 Å². The Balaban J connectivity index is 2.99. The molecule has 0 nitrogen and oxygen atoms in total. The van der Waals surface area contributed by atoms with Crippen LogP contribution in [0.15, 0.2) is 0 Å². The van der Waals surface area contributed by atoms with Crippen LogP contribution in [0.1, 0.15) is 32.6 Å². The standard InChI is InChI=1S/C13H30Si2/c1-12-8-10-13(11-9-12,14(2,3)4)15(5,6)7/h12H,8-11H2,1-7H3. The molecule has 0 aliphatic heterocycles. The average molecular weight is 243 g/mol. The third kappa shape index (κ3) is 2.41. The van der Waals surface area contributed by atoms with Gasteiger partial charge in [0.15, 0.2) is 0 Å². The lowest BCUT2D eigenvalue weighted by atomic mass is 9.90. The second kappa shape index (κ2) is 4.03. The Kier molecular flexibility index (Phi) is 3.62. The second-order valence-corrected chi connectivity index (χ2v) is 19.2. The molecule has 0 aromatic rings. The van der Waals surface area contributed by atoms with Crippen molar-refractivity contribution in [1.29, 1.82) is 0 Å². The first-order valence-corrected chi connectivity index (χ1v) is 13.6. The molecule has 0 bridgehead atoms. The van der Waals surface area contributed by atoms with Crippen LogP contribution in [0.4, 0.5) is 0 Å². The van der Waals surface area contributed by atoms with Crippen LogP contribution in [0.2, 0.25) is 43.9 Å². The fourth-order valence-corrected chi connectivity index (χ4v) is 16.5. The van der Waals surface area contributed by atoms with Gasteiger partial charge in [0.2, 0.25) is 0 Å². The highest BCUT2D eigenvalue weighted by Gasteiger charge is 2.52. The van der Waals surface area contributed by atoms with E-state index < -0.39 is 16.1 Å². The second-order valence-electron chi connectivity index (χ2n) is 7.76. The van der Waals surface area contributed by atoms with Gasteiger partial charge in [-0.3, -0.25) is 0 Å². The largest absolute Gasteiger partial charge is 0.0694 e. The summed E-state index contributed by atoms with van der Waals surface area (Å²) in [7, 11) is -2.02. The molecule has 0 aromatic heterocycles. The van der Waals surface area contributed by atoms with Crippen molar-refractivity contribution in [3.05, 3.63) is 0 Å². The first-order valence-electron chi connectivity index (χ1n) is 6.60. The molecular weight excluding hydrogens is 212 g/mol. The molecule has 1 fully saturated rings. The lowest BCUT2D eigenvalue weighted by Gasteiger charge is -2.55. The fraction of sp³-hybridized carbons (Fsp3) is 1.00. The van der Waals surface area contributed by atoms with Crippen molar-refractivity contribution in [2.24, 2.45) is 5.92 Å². The summed E-state index contributed by atoms with van der Waals surface area (Å²) in [5.41, 5.74) is 0. The number of hydrogen-bond acceptors (Lipinski definition) is 0. The highest BCUT2D eigenvalue weighted by molar-refractivity contribution is 6.98. The Morgan fingerprint density at radius 3 is 1.40 bits per heavy atom. The van der Waals surface area contributed by atoms with Crippen LogP contribution in [0.3, 0.4) is 0 Å². The van der Waals surface area contributed by atoms with Crippen molar-refractivity contribution in [3.8, 4) is 0 Å². The first-order chi connectivity index (χ1) is 6.60. The molecule has 0 saturated heterocycles. The van der Waals surface area contributed by atoms with E-state index >= 15 is 0 Å². The topological polar surface area (TPSA) is 0 Å². The molecule has 0 heterocycles. The van der Waals surface area contributed by atoms with E-state index in [-0.39, 0.29) is 0 Å². The minimum absolute atomic E-state index is 0.812. The van der Waals surface area contributed by atoms with E-state index in [0.717, 1.165) is 10.6 Å². The maximum Gasteiger partial charge on any atom is 0.0478 e. The zero-order chi connectivity index (χ0) is 11.9. The van der Waals surface area contributed by atoms with Gasteiger partial charge in [0.05, 0.1) is 0 Å². The summed E-state index contributed by atoms with van der Waals surface area (Å²) in [5.74, 6) is 0.992. The van der Waals surface area contributed by atoms with Crippen LogP contribution in [-0.4, -0.2) is 16.1 Å². The lowest BCUT2D eigenvalue weighted by molar-refractivity contribution is 0.348. The van der Waals surface area contributed by atoms with E-state index in [2.05, 4.69) is 46.2 Å². The van der Waals surface area contributed by atoms with Gasteiger partial charge in [0.1, 0.15) is 0 Å². The molecule has 1 aliphatic carbocycles. The minimum atomic E-state index is -1.01. The summed E-state index contributed by atoms with van der Waals surface area (Å²) in [6, 6.07) is 0. The van der Waals surface area contributed by atoms with Gasteiger partial charge < -0.3 is 0 Å². The molecule has 1 aliphatic rings. The van der Waals surface area contributed by atoms with Crippen LogP contribution in [0, 0.1) is 5.92 Å². The smallest absolute Gasteiger partial charge is 0.0478 e. The molecule has 15 heavy (non-hydrogen) atoms. The molecule has 0 aromatic carbocycles. The maximum absolute atomic E-state index is 2.61. The summed E-state index contributed by atoms with van der Waals surface area (Å²) in [6.45, 7) is 18.1. The highest BCUT2D eigenvalue weighted by Crippen LogP contribution is 2.57. The third-order valence-corrected chi connectivity index (χ3v) is 16.2. The minimum Gasteiger partial charge on any atom is -0.0694 e. The Bertz CT molecular complexity index is 196. The van der Waals surface area contributed by atoms with Crippen LogP contribution in [0.25, 0.3) is 0 Å². The summed E-state index contributed by atoms with van der Waals surface area (Å²) in [6.07, 6.45) is 6.07. The van der Waals surface area contributed by atoms with Crippen molar-refractivity contribution < 1.29 is 0 Å². The van der Waals surface area contributed by atoms with E-state index in [1.54, 1.807) is 12.8 Å². The van der Waals surface area contributed by atoms with Gasteiger partial charge in [0, 0.05) is 16.1 Å². The predicted octanol–water partition coefficient (Wildman–Crippen LogP) is 5.15. The van der Waals surface area contributed by atoms with Gasteiger partial charge in [-0.1, -0.05) is 71.9 Å². The normalized spacial score (nSPS) is 24.2. The monoisotopic (exact) mass is 242 g/mol. The van der Waals surface area contributed by atoms with Crippen molar-refractivity contribution >= 4 is 16.1 Å². The van der Waals surface area contributed by atoms with E-state index in [0.29, 0.717) is 0 Å². The van der Waals surface area contributed by atoms with Crippen LogP contribution >= 0.6 is 0 Å². The Hall–Kier alpha value is 0.434. The third-order valence-electron chi connectivity index (χ3n) is 5.00. The van der Waals surface area contributed by atoms with Crippen molar-refractivity contribution in [2.75, 3.05) is 0 Å². The molecule has 1 rings (SSSR count). The molecule has 0 atom stereocenters. The maximum atomic E-state index is 2.61. The molecule has 2 heteroatoms. The van der Waals surface area contributed by atoms with E-state index in [9.17, 15) is 0 Å². The number of rotatable bonds is 2. The van der Waals surface area contributed by atoms with Gasteiger partial charge in [-0.15, -0.1) is 0 Å². The molecule has 0 amide bonds. The summed E-state index contributed by atoms with van der Waals surface area (Å²) in [4.78, 5) is 0. The van der Waals surface area contributed by atoms with Gasteiger partial charge in [-0.05, 0) is 10.6 Å². The summed E-state index contributed by atoms with van der Waals surface area (Å²) >= 11 is 0. The van der Waals surface area contributed by atoms with Gasteiger partial charge in [0.25, 0.3) is 0 Å². The Morgan fingerprint density at radius 2 is 1.13 bits per heavy atom. The zero-order valence-electron chi connectivity index (χ0n) is 11.9. The molecule has 0 unspecified atom stereocenters. The molecular formula is C13H30Si2. The molecule has 90 valence electrons. The average Bonchev–Trinajstić information content (AvgIpc) is 2.00.